The van der Waals surface area contributed by atoms with Gasteiger partial charge in [0.05, 0.1) is 5.70 Å². The molecule has 4 rings (SSSR count). The van der Waals surface area contributed by atoms with Gasteiger partial charge in [0, 0.05) is 24.6 Å². The number of piperidine rings is 3. The van der Waals surface area contributed by atoms with Gasteiger partial charge >= 0.3 is 0 Å². The van der Waals surface area contributed by atoms with E-state index in [4.69, 9.17) is 0 Å². The normalized spacial score (nSPS) is 22.8. The number of halogens is 1. The van der Waals surface area contributed by atoms with Gasteiger partial charge in [-0.15, -0.1) is 12.4 Å². The molecule has 0 amide bonds. The smallest absolute Gasteiger partial charge is 0.122 e. The minimum absolute atomic E-state index is 0. The minimum atomic E-state index is 0. The number of nitrogens with zero attached hydrogens (tertiary/aromatic N) is 2. The van der Waals surface area contributed by atoms with Crippen molar-refractivity contribution in [2.75, 3.05) is 13.1 Å². The van der Waals surface area contributed by atoms with Gasteiger partial charge in [-0.1, -0.05) is 23.4 Å². The zero-order chi connectivity index (χ0) is 12.5. The van der Waals surface area contributed by atoms with Gasteiger partial charge in [0.1, 0.15) is 11.5 Å². The Balaban J connectivity index is 0.00000133. The fraction of sp³-hybridized carbons (Fsp3) is 0.357. The molecule has 3 aliphatic rings. The summed E-state index contributed by atoms with van der Waals surface area (Å²) in [5.74, 6) is 0.613. The molecule has 0 atom stereocenters. The number of hydrogen-bond donors (Lipinski definition) is 2. The summed E-state index contributed by atoms with van der Waals surface area (Å²) in [7, 11) is 0. The van der Waals surface area contributed by atoms with Crippen LogP contribution in [0.4, 0.5) is 0 Å². The van der Waals surface area contributed by atoms with Crippen molar-refractivity contribution < 1.29 is 10.3 Å². The van der Waals surface area contributed by atoms with Gasteiger partial charge in [-0.3, -0.25) is 0 Å². The number of phenolic OH excluding ortho intramolecular Hbond substituents is 1. The largest absolute Gasteiger partial charge is 0.507 e. The van der Waals surface area contributed by atoms with E-state index >= 15 is 0 Å². The highest BCUT2D eigenvalue weighted by atomic mass is 35.5. The van der Waals surface area contributed by atoms with E-state index in [9.17, 15) is 10.3 Å². The molecule has 0 saturated carbocycles. The number of para-hydroxylation sites is 1. The Kier molecular flexibility index (Phi) is 4.00. The molecule has 19 heavy (non-hydrogen) atoms. The third-order valence-corrected chi connectivity index (χ3v) is 3.82. The molecule has 2 bridgehead atoms. The number of benzene rings is 1. The summed E-state index contributed by atoms with van der Waals surface area (Å²) in [5.41, 5.74) is 2.47. The van der Waals surface area contributed by atoms with Crippen molar-refractivity contribution >= 4 is 24.2 Å². The van der Waals surface area contributed by atoms with Gasteiger partial charge in [0.2, 0.25) is 0 Å². The Hall–Kier alpha value is -1.68. The van der Waals surface area contributed by atoms with E-state index in [-0.39, 0.29) is 18.2 Å². The molecule has 0 radical (unpaired) electrons. The first-order valence-corrected chi connectivity index (χ1v) is 6.26. The number of allylic oxidation sites excluding steroid dienone is 1. The van der Waals surface area contributed by atoms with Crippen molar-refractivity contribution in [2.45, 2.75) is 12.8 Å². The molecule has 102 valence electrons. The van der Waals surface area contributed by atoms with Gasteiger partial charge in [0.25, 0.3) is 0 Å². The van der Waals surface area contributed by atoms with Crippen LogP contribution in [0.5, 0.6) is 5.75 Å². The maximum absolute atomic E-state index is 9.80. The number of oxime groups is 1. The van der Waals surface area contributed by atoms with Crippen LogP contribution in [-0.2, 0) is 0 Å². The molecule has 1 aromatic carbocycles. The summed E-state index contributed by atoms with van der Waals surface area (Å²) in [6, 6.07) is 7.21. The number of phenols is 1. The molecule has 3 heterocycles. The fourth-order valence-electron chi connectivity index (χ4n) is 2.82. The van der Waals surface area contributed by atoms with E-state index < -0.39 is 0 Å². The van der Waals surface area contributed by atoms with Crippen LogP contribution in [-0.4, -0.2) is 34.0 Å². The number of rotatable bonds is 1. The van der Waals surface area contributed by atoms with Crippen molar-refractivity contribution in [3.05, 3.63) is 35.5 Å². The summed E-state index contributed by atoms with van der Waals surface area (Å²) in [6.45, 7) is 2.01. The quantitative estimate of drug-likeness (QED) is 0.614. The second-order valence-electron chi connectivity index (χ2n) is 4.83. The van der Waals surface area contributed by atoms with Crippen LogP contribution >= 0.6 is 12.4 Å². The zero-order valence-electron chi connectivity index (χ0n) is 10.5. The summed E-state index contributed by atoms with van der Waals surface area (Å²) in [4.78, 5) is 2.22. The maximum atomic E-state index is 9.80. The molecule has 3 aliphatic heterocycles. The van der Waals surface area contributed by atoms with Crippen LogP contribution in [0.25, 0.3) is 6.08 Å². The fourth-order valence-corrected chi connectivity index (χ4v) is 2.82. The van der Waals surface area contributed by atoms with E-state index in [0.29, 0.717) is 5.92 Å². The third kappa shape index (κ3) is 2.40. The highest BCUT2D eigenvalue weighted by Gasteiger charge is 2.35. The van der Waals surface area contributed by atoms with Crippen molar-refractivity contribution in [1.82, 2.24) is 4.90 Å². The topological polar surface area (TPSA) is 56.1 Å². The lowest BCUT2D eigenvalue weighted by Crippen LogP contribution is -2.46. The van der Waals surface area contributed by atoms with Crippen LogP contribution in [0.1, 0.15) is 18.4 Å². The Labute approximate surface area is 118 Å². The summed E-state index contributed by atoms with van der Waals surface area (Å²) in [6.07, 6.45) is 4.02. The van der Waals surface area contributed by atoms with Crippen LogP contribution < -0.4 is 0 Å². The maximum Gasteiger partial charge on any atom is 0.122 e. The molecule has 3 saturated heterocycles. The SMILES string of the molecule is Cl.ON=C1/C(=C/c2ccccc2O)N2CCC1CC2. The van der Waals surface area contributed by atoms with Crippen LogP contribution in [0.2, 0.25) is 0 Å². The Morgan fingerprint density at radius 3 is 2.53 bits per heavy atom. The molecule has 3 fully saturated rings. The van der Waals surface area contributed by atoms with E-state index in [1.165, 1.54) is 0 Å². The third-order valence-electron chi connectivity index (χ3n) is 3.82. The second-order valence-corrected chi connectivity index (χ2v) is 4.83. The van der Waals surface area contributed by atoms with E-state index in [1.807, 2.05) is 18.2 Å². The zero-order valence-corrected chi connectivity index (χ0v) is 11.3. The molecular formula is C14H17ClN2O2. The van der Waals surface area contributed by atoms with Crippen LogP contribution in [0.3, 0.4) is 0 Å². The summed E-state index contributed by atoms with van der Waals surface area (Å²) < 4.78 is 0. The lowest BCUT2D eigenvalue weighted by Gasteiger charge is -2.42. The van der Waals surface area contributed by atoms with Gasteiger partial charge < -0.3 is 15.2 Å². The Morgan fingerprint density at radius 1 is 1.21 bits per heavy atom. The Bertz CT molecular complexity index is 520. The molecule has 0 spiro atoms. The number of fused-ring (bicyclic) bond motifs is 3. The predicted molar refractivity (Wildman–Crippen MR) is 76.9 cm³/mol. The molecule has 1 aromatic rings. The number of aromatic hydroxyl groups is 1. The monoisotopic (exact) mass is 280 g/mol. The van der Waals surface area contributed by atoms with Crippen molar-refractivity contribution in [3.8, 4) is 5.75 Å². The second kappa shape index (κ2) is 5.53. The van der Waals surface area contributed by atoms with Crippen molar-refractivity contribution in [3.63, 3.8) is 0 Å². The molecule has 2 N–H and O–H groups in total. The molecule has 5 heteroatoms. The van der Waals surface area contributed by atoms with E-state index in [0.717, 1.165) is 42.9 Å². The average molecular weight is 281 g/mol. The summed E-state index contributed by atoms with van der Waals surface area (Å²) in [5, 5.41) is 22.5. The average Bonchev–Trinajstić information content (AvgIpc) is 2.42. The first-order chi connectivity index (χ1) is 8.79. The van der Waals surface area contributed by atoms with Crippen LogP contribution in [0, 0.1) is 5.92 Å². The first-order valence-electron chi connectivity index (χ1n) is 6.26. The van der Waals surface area contributed by atoms with E-state index in [2.05, 4.69) is 10.1 Å². The molecule has 0 aromatic heterocycles. The first kappa shape index (κ1) is 13.7. The van der Waals surface area contributed by atoms with Crippen molar-refractivity contribution in [2.24, 2.45) is 11.1 Å². The molecular weight excluding hydrogens is 264 g/mol. The lowest BCUT2D eigenvalue weighted by molar-refractivity contribution is 0.229. The van der Waals surface area contributed by atoms with Gasteiger partial charge in [-0.25, -0.2) is 0 Å². The van der Waals surface area contributed by atoms with Gasteiger partial charge in [-0.05, 0) is 25.0 Å². The minimum Gasteiger partial charge on any atom is -0.507 e. The highest BCUT2D eigenvalue weighted by Crippen LogP contribution is 2.34. The molecule has 0 unspecified atom stereocenters. The van der Waals surface area contributed by atoms with E-state index in [1.54, 1.807) is 12.1 Å². The van der Waals surface area contributed by atoms with Crippen LogP contribution in [0.15, 0.2) is 35.1 Å². The molecule has 4 nitrogen and oxygen atoms in total. The predicted octanol–water partition coefficient (Wildman–Crippen LogP) is 2.71. The number of hydrogen-bond acceptors (Lipinski definition) is 4. The summed E-state index contributed by atoms with van der Waals surface area (Å²) >= 11 is 0. The lowest BCUT2D eigenvalue weighted by atomic mass is 9.83. The van der Waals surface area contributed by atoms with Gasteiger partial charge in [0.15, 0.2) is 0 Å². The van der Waals surface area contributed by atoms with Crippen molar-refractivity contribution in [1.29, 1.82) is 0 Å². The Morgan fingerprint density at radius 2 is 1.89 bits per heavy atom. The molecule has 0 aliphatic carbocycles. The highest BCUT2D eigenvalue weighted by molar-refractivity contribution is 6.05. The van der Waals surface area contributed by atoms with Gasteiger partial charge in [-0.2, -0.15) is 0 Å². The standard InChI is InChI=1S/C14H16N2O2.ClH/c17-13-4-2-1-3-11(13)9-12-14(15-18)10-5-7-16(12)8-6-10;/h1-4,9-10,17-18H,5-8H2;1H/b12-9-,15-14?;.